The zero-order valence-electron chi connectivity index (χ0n) is 11.8. The minimum Gasteiger partial charge on any atom is -0.346 e. The van der Waals surface area contributed by atoms with Crippen LogP contribution in [0, 0.1) is 0 Å². The second-order valence-electron chi connectivity index (χ2n) is 4.75. The molecule has 0 aromatic heterocycles. The molecule has 1 rings (SSSR count). The van der Waals surface area contributed by atoms with Gasteiger partial charge in [-0.15, -0.1) is 0 Å². The van der Waals surface area contributed by atoms with Gasteiger partial charge in [-0.05, 0) is 30.5 Å². The Morgan fingerprint density at radius 2 is 1.85 bits per heavy atom. The third-order valence-corrected chi connectivity index (χ3v) is 4.48. The van der Waals surface area contributed by atoms with Gasteiger partial charge in [0.05, 0.1) is 4.90 Å². The molecule has 0 spiro atoms. The molecule has 0 fully saturated rings. The standard InChI is InChI=1S/C14H20ClNO3S/c1-3-4-11-16(2)14(17)10-7-12-5-8-13(9-6-12)20(15,18)19/h5-6,8-9H,3-4,7,10-11H2,1-2H3. The highest BCUT2D eigenvalue weighted by atomic mass is 35.7. The summed E-state index contributed by atoms with van der Waals surface area (Å²) in [6.45, 7) is 2.86. The van der Waals surface area contributed by atoms with Crippen molar-refractivity contribution in [3.05, 3.63) is 29.8 Å². The summed E-state index contributed by atoms with van der Waals surface area (Å²) in [6.07, 6.45) is 3.08. The zero-order valence-corrected chi connectivity index (χ0v) is 13.4. The second kappa shape index (κ2) is 7.64. The Morgan fingerprint density at radius 3 is 2.35 bits per heavy atom. The van der Waals surface area contributed by atoms with Crippen LogP contribution in [-0.4, -0.2) is 32.8 Å². The summed E-state index contributed by atoms with van der Waals surface area (Å²) >= 11 is 0. The lowest BCUT2D eigenvalue weighted by Crippen LogP contribution is -2.27. The number of carbonyl (C=O) groups is 1. The van der Waals surface area contributed by atoms with Crippen LogP contribution in [0.25, 0.3) is 0 Å². The van der Waals surface area contributed by atoms with Crippen molar-refractivity contribution in [3.63, 3.8) is 0 Å². The number of halogens is 1. The first kappa shape index (κ1) is 17.0. The normalized spacial score (nSPS) is 11.3. The molecule has 0 saturated carbocycles. The summed E-state index contributed by atoms with van der Waals surface area (Å²) in [6, 6.07) is 6.30. The van der Waals surface area contributed by atoms with Crippen molar-refractivity contribution in [1.82, 2.24) is 4.90 Å². The van der Waals surface area contributed by atoms with Crippen molar-refractivity contribution >= 4 is 25.6 Å². The van der Waals surface area contributed by atoms with Crippen LogP contribution in [0.5, 0.6) is 0 Å². The number of hydrogen-bond acceptors (Lipinski definition) is 3. The predicted molar refractivity (Wildman–Crippen MR) is 80.3 cm³/mol. The fraction of sp³-hybridized carbons (Fsp3) is 0.500. The SMILES string of the molecule is CCCCN(C)C(=O)CCc1ccc(S(=O)(=O)Cl)cc1. The van der Waals surface area contributed by atoms with Crippen molar-refractivity contribution in [2.24, 2.45) is 0 Å². The molecular formula is C14H20ClNO3S. The van der Waals surface area contributed by atoms with E-state index in [1.165, 1.54) is 12.1 Å². The van der Waals surface area contributed by atoms with Gasteiger partial charge in [-0.3, -0.25) is 4.79 Å². The lowest BCUT2D eigenvalue weighted by molar-refractivity contribution is -0.129. The smallest absolute Gasteiger partial charge is 0.261 e. The molecule has 0 atom stereocenters. The molecule has 6 heteroatoms. The number of hydrogen-bond donors (Lipinski definition) is 0. The Kier molecular flexibility index (Phi) is 6.49. The van der Waals surface area contributed by atoms with Crippen LogP contribution in [0.2, 0.25) is 0 Å². The van der Waals surface area contributed by atoms with E-state index in [2.05, 4.69) is 6.92 Å². The lowest BCUT2D eigenvalue weighted by Gasteiger charge is -2.16. The van der Waals surface area contributed by atoms with Gasteiger partial charge in [0.1, 0.15) is 0 Å². The number of aryl methyl sites for hydroxylation is 1. The molecule has 0 N–H and O–H groups in total. The molecule has 0 aliphatic heterocycles. The number of unbranched alkanes of at least 4 members (excludes halogenated alkanes) is 1. The van der Waals surface area contributed by atoms with Gasteiger partial charge in [-0.25, -0.2) is 8.42 Å². The Labute approximate surface area is 125 Å². The van der Waals surface area contributed by atoms with Crippen LogP contribution >= 0.6 is 10.7 Å². The predicted octanol–water partition coefficient (Wildman–Crippen LogP) is 2.81. The van der Waals surface area contributed by atoms with E-state index in [0.29, 0.717) is 12.8 Å². The Balaban J connectivity index is 2.52. The highest BCUT2D eigenvalue weighted by Gasteiger charge is 2.11. The molecule has 1 aromatic carbocycles. The quantitative estimate of drug-likeness (QED) is 0.727. The topological polar surface area (TPSA) is 54.5 Å². The summed E-state index contributed by atoms with van der Waals surface area (Å²) in [5.74, 6) is 0.104. The van der Waals surface area contributed by atoms with Crippen LogP contribution < -0.4 is 0 Å². The maximum absolute atomic E-state index is 11.9. The fourth-order valence-corrected chi connectivity index (χ4v) is 2.55. The molecule has 20 heavy (non-hydrogen) atoms. The van der Waals surface area contributed by atoms with E-state index in [0.717, 1.165) is 24.9 Å². The minimum absolute atomic E-state index is 0.0781. The van der Waals surface area contributed by atoms with Crippen molar-refractivity contribution < 1.29 is 13.2 Å². The maximum atomic E-state index is 11.9. The zero-order chi connectivity index (χ0) is 15.2. The number of carbonyl (C=O) groups excluding carboxylic acids is 1. The lowest BCUT2D eigenvalue weighted by atomic mass is 10.1. The Bertz CT molecular complexity index is 540. The van der Waals surface area contributed by atoms with Crippen molar-refractivity contribution in [2.45, 2.75) is 37.5 Å². The molecule has 0 saturated heterocycles. The number of amides is 1. The minimum atomic E-state index is -3.68. The van der Waals surface area contributed by atoms with Crippen LogP contribution in [0.4, 0.5) is 0 Å². The first-order valence-electron chi connectivity index (χ1n) is 6.62. The summed E-state index contributed by atoms with van der Waals surface area (Å²) in [4.78, 5) is 13.7. The first-order valence-corrected chi connectivity index (χ1v) is 8.93. The third-order valence-electron chi connectivity index (χ3n) is 3.11. The molecule has 4 nitrogen and oxygen atoms in total. The van der Waals surface area contributed by atoms with E-state index >= 15 is 0 Å². The highest BCUT2D eigenvalue weighted by molar-refractivity contribution is 8.13. The van der Waals surface area contributed by atoms with Crippen molar-refractivity contribution in [2.75, 3.05) is 13.6 Å². The average Bonchev–Trinajstić information content (AvgIpc) is 2.41. The molecule has 0 aliphatic carbocycles. The van der Waals surface area contributed by atoms with E-state index in [9.17, 15) is 13.2 Å². The Hall–Kier alpha value is -1.07. The van der Waals surface area contributed by atoms with Gasteiger partial charge in [0.2, 0.25) is 5.91 Å². The molecule has 112 valence electrons. The molecular weight excluding hydrogens is 298 g/mol. The largest absolute Gasteiger partial charge is 0.346 e. The first-order chi connectivity index (χ1) is 9.34. The van der Waals surface area contributed by atoms with Gasteiger partial charge in [0.25, 0.3) is 9.05 Å². The van der Waals surface area contributed by atoms with Crippen molar-refractivity contribution in [3.8, 4) is 0 Å². The number of nitrogens with zero attached hydrogens (tertiary/aromatic N) is 1. The highest BCUT2D eigenvalue weighted by Crippen LogP contribution is 2.16. The van der Waals surface area contributed by atoms with Crippen LogP contribution in [0.3, 0.4) is 0 Å². The van der Waals surface area contributed by atoms with E-state index in [4.69, 9.17) is 10.7 Å². The van der Waals surface area contributed by atoms with Gasteiger partial charge in [0.15, 0.2) is 0 Å². The monoisotopic (exact) mass is 317 g/mol. The number of rotatable bonds is 7. The van der Waals surface area contributed by atoms with Gasteiger partial charge < -0.3 is 4.90 Å². The molecule has 0 aliphatic rings. The Morgan fingerprint density at radius 1 is 1.25 bits per heavy atom. The summed E-state index contributed by atoms with van der Waals surface area (Å²) in [5.41, 5.74) is 0.923. The van der Waals surface area contributed by atoms with Gasteiger partial charge >= 0.3 is 0 Å². The van der Waals surface area contributed by atoms with Gasteiger partial charge in [-0.1, -0.05) is 25.5 Å². The van der Waals surface area contributed by atoms with Gasteiger partial charge in [0, 0.05) is 30.7 Å². The van der Waals surface area contributed by atoms with E-state index in [1.54, 1.807) is 24.1 Å². The van der Waals surface area contributed by atoms with Crippen LogP contribution in [0.1, 0.15) is 31.7 Å². The molecule has 0 bridgehead atoms. The average molecular weight is 318 g/mol. The van der Waals surface area contributed by atoms with Crippen LogP contribution in [-0.2, 0) is 20.3 Å². The summed E-state index contributed by atoms with van der Waals surface area (Å²) < 4.78 is 22.2. The maximum Gasteiger partial charge on any atom is 0.261 e. The number of benzene rings is 1. The third kappa shape index (κ3) is 5.51. The summed E-state index contributed by atoms with van der Waals surface area (Å²) in [7, 11) is 3.37. The fourth-order valence-electron chi connectivity index (χ4n) is 1.78. The van der Waals surface area contributed by atoms with E-state index in [-0.39, 0.29) is 10.8 Å². The van der Waals surface area contributed by atoms with Crippen LogP contribution in [0.15, 0.2) is 29.2 Å². The van der Waals surface area contributed by atoms with Gasteiger partial charge in [-0.2, -0.15) is 0 Å². The molecule has 1 amide bonds. The molecule has 0 unspecified atom stereocenters. The second-order valence-corrected chi connectivity index (χ2v) is 7.32. The molecule has 0 heterocycles. The van der Waals surface area contributed by atoms with E-state index < -0.39 is 9.05 Å². The molecule has 0 radical (unpaired) electrons. The van der Waals surface area contributed by atoms with Crippen molar-refractivity contribution in [1.29, 1.82) is 0 Å². The molecule has 1 aromatic rings. The van der Waals surface area contributed by atoms with E-state index in [1.807, 2.05) is 0 Å². The summed E-state index contributed by atoms with van der Waals surface area (Å²) in [5, 5.41) is 0.